The summed E-state index contributed by atoms with van der Waals surface area (Å²) in [6.07, 6.45) is 3.64. The van der Waals surface area contributed by atoms with Crippen LogP contribution in [0.1, 0.15) is 10.4 Å². The Morgan fingerprint density at radius 1 is 1.00 bits per heavy atom. The predicted molar refractivity (Wildman–Crippen MR) is 85.3 cm³/mol. The zero-order valence-corrected chi connectivity index (χ0v) is 14.1. The molecule has 0 unspecified atom stereocenters. The van der Waals surface area contributed by atoms with Crippen LogP contribution in [-0.4, -0.2) is 31.3 Å². The standard InChI is InChI=1S/C14H15NO7P2/c16-10-11-3-1-4-12(7-11)13-5-2-6-15(8-13)9-14(23(17,18)19)24(20,21)22/h1-8,10,14H,9H2,(H3-,17,18,19,20,21,22)/p+1. The van der Waals surface area contributed by atoms with Crippen LogP contribution in [0, 0.1) is 0 Å². The van der Waals surface area contributed by atoms with Gasteiger partial charge in [-0.15, -0.1) is 0 Å². The molecular weight excluding hydrogens is 356 g/mol. The molecule has 0 saturated carbocycles. The van der Waals surface area contributed by atoms with E-state index in [1.54, 1.807) is 36.4 Å². The number of pyridine rings is 1. The van der Waals surface area contributed by atoms with E-state index in [4.69, 9.17) is 0 Å². The van der Waals surface area contributed by atoms with Gasteiger partial charge in [-0.25, -0.2) is 4.57 Å². The molecule has 1 heterocycles. The van der Waals surface area contributed by atoms with Gasteiger partial charge in [-0.3, -0.25) is 13.9 Å². The van der Waals surface area contributed by atoms with Gasteiger partial charge in [-0.1, -0.05) is 18.2 Å². The smallest absolute Gasteiger partial charge is 0.324 e. The van der Waals surface area contributed by atoms with E-state index < -0.39 is 27.1 Å². The van der Waals surface area contributed by atoms with Crippen molar-refractivity contribution in [3.05, 3.63) is 54.4 Å². The number of carbonyl (C=O) groups excluding carboxylic acids is 1. The SMILES string of the molecule is O=Cc1cccc(-c2ccc[n+](CC(P(=O)(O)O)P(=O)(O)O)c2)c1. The Balaban J connectivity index is 2.38. The number of carbonyl (C=O) groups is 1. The zero-order chi connectivity index (χ0) is 18.0. The van der Waals surface area contributed by atoms with E-state index >= 15 is 0 Å². The van der Waals surface area contributed by atoms with Gasteiger partial charge in [0.15, 0.2) is 18.9 Å². The molecule has 8 nitrogen and oxygen atoms in total. The summed E-state index contributed by atoms with van der Waals surface area (Å²) in [5, 5.41) is -2.12. The third kappa shape index (κ3) is 4.68. The second-order valence-electron chi connectivity index (χ2n) is 5.19. The molecule has 0 aliphatic rings. The normalized spacial score (nSPS) is 12.4. The minimum absolute atomic E-state index is 0.464. The van der Waals surface area contributed by atoms with Crippen LogP contribution >= 0.6 is 15.2 Å². The molecule has 10 heteroatoms. The Morgan fingerprint density at radius 2 is 1.62 bits per heavy atom. The van der Waals surface area contributed by atoms with Gasteiger partial charge in [-0.05, 0) is 17.7 Å². The van der Waals surface area contributed by atoms with Crippen LogP contribution < -0.4 is 4.57 Å². The van der Waals surface area contributed by atoms with Crippen molar-refractivity contribution in [1.29, 1.82) is 0 Å². The molecule has 24 heavy (non-hydrogen) atoms. The summed E-state index contributed by atoms with van der Waals surface area (Å²) in [6.45, 7) is -0.546. The Bertz CT molecular complexity index is 821. The van der Waals surface area contributed by atoms with Crippen molar-refractivity contribution in [3.63, 3.8) is 0 Å². The summed E-state index contributed by atoms with van der Waals surface area (Å²) in [5.41, 5.74) is 1.79. The van der Waals surface area contributed by atoms with Crippen molar-refractivity contribution in [2.24, 2.45) is 0 Å². The molecule has 0 amide bonds. The number of rotatable bonds is 6. The molecule has 0 radical (unpaired) electrons. The Kier molecular flexibility index (Phi) is 5.50. The molecule has 2 aromatic rings. The number of hydrogen-bond acceptors (Lipinski definition) is 3. The van der Waals surface area contributed by atoms with Crippen molar-refractivity contribution >= 4 is 21.5 Å². The summed E-state index contributed by atoms with van der Waals surface area (Å²) >= 11 is 0. The van der Waals surface area contributed by atoms with Gasteiger partial charge in [0, 0.05) is 17.2 Å². The second-order valence-corrected chi connectivity index (χ2v) is 9.20. The van der Waals surface area contributed by atoms with Gasteiger partial charge in [0.05, 0.1) is 0 Å². The summed E-state index contributed by atoms with van der Waals surface area (Å²) in [4.78, 5) is 47.6. The number of benzene rings is 1. The molecule has 1 aromatic carbocycles. The van der Waals surface area contributed by atoms with E-state index in [-0.39, 0.29) is 0 Å². The maximum absolute atomic E-state index is 11.4. The fourth-order valence-electron chi connectivity index (χ4n) is 2.20. The van der Waals surface area contributed by atoms with Gasteiger partial charge in [0.2, 0.25) is 5.40 Å². The highest BCUT2D eigenvalue weighted by atomic mass is 31.2. The number of aldehydes is 1. The fraction of sp³-hybridized carbons (Fsp3) is 0.143. The molecule has 2 rings (SSSR count). The van der Waals surface area contributed by atoms with E-state index in [9.17, 15) is 33.5 Å². The molecule has 0 saturated heterocycles. The van der Waals surface area contributed by atoms with Crippen LogP contribution in [0.25, 0.3) is 11.1 Å². The average molecular weight is 372 g/mol. The highest BCUT2D eigenvalue weighted by Gasteiger charge is 2.46. The Labute approximate surface area is 137 Å². The van der Waals surface area contributed by atoms with Crippen LogP contribution in [0.3, 0.4) is 0 Å². The van der Waals surface area contributed by atoms with Crippen LogP contribution in [0.5, 0.6) is 0 Å². The zero-order valence-electron chi connectivity index (χ0n) is 12.3. The summed E-state index contributed by atoms with van der Waals surface area (Å²) in [7, 11) is -9.99. The Morgan fingerprint density at radius 3 is 2.21 bits per heavy atom. The van der Waals surface area contributed by atoms with Gasteiger partial charge >= 0.3 is 15.2 Å². The summed E-state index contributed by atoms with van der Waals surface area (Å²) in [5.74, 6) is 0. The molecule has 0 fully saturated rings. The quantitative estimate of drug-likeness (QED) is 0.339. The van der Waals surface area contributed by atoms with E-state index in [0.717, 1.165) is 0 Å². The third-order valence-corrected chi connectivity index (χ3v) is 7.05. The van der Waals surface area contributed by atoms with Crippen molar-refractivity contribution in [1.82, 2.24) is 0 Å². The molecular formula is C14H16NO7P2+. The minimum Gasteiger partial charge on any atom is -0.324 e. The van der Waals surface area contributed by atoms with Gasteiger partial charge < -0.3 is 19.6 Å². The van der Waals surface area contributed by atoms with Crippen molar-refractivity contribution < 1.29 is 38.1 Å². The lowest BCUT2D eigenvalue weighted by molar-refractivity contribution is -0.694. The molecule has 0 bridgehead atoms. The summed E-state index contributed by atoms with van der Waals surface area (Å²) in [6, 6.07) is 9.99. The van der Waals surface area contributed by atoms with Crippen LogP contribution in [-0.2, 0) is 15.7 Å². The first-order chi connectivity index (χ1) is 11.1. The van der Waals surface area contributed by atoms with E-state index in [0.29, 0.717) is 23.0 Å². The van der Waals surface area contributed by atoms with Crippen LogP contribution in [0.15, 0.2) is 48.8 Å². The van der Waals surface area contributed by atoms with Crippen LogP contribution in [0.2, 0.25) is 0 Å². The molecule has 0 aliphatic carbocycles. The first kappa shape index (κ1) is 18.7. The van der Waals surface area contributed by atoms with E-state index in [2.05, 4.69) is 0 Å². The molecule has 0 spiro atoms. The molecule has 0 atom stereocenters. The van der Waals surface area contributed by atoms with E-state index in [1.165, 1.54) is 17.0 Å². The monoisotopic (exact) mass is 372 g/mol. The maximum atomic E-state index is 11.4. The van der Waals surface area contributed by atoms with Crippen molar-refractivity contribution in [2.45, 2.75) is 11.9 Å². The number of aromatic nitrogens is 1. The average Bonchev–Trinajstić information content (AvgIpc) is 2.51. The van der Waals surface area contributed by atoms with Crippen molar-refractivity contribution in [2.75, 3.05) is 0 Å². The van der Waals surface area contributed by atoms with Crippen LogP contribution in [0.4, 0.5) is 0 Å². The molecule has 0 aliphatic heterocycles. The lowest BCUT2D eigenvalue weighted by Gasteiger charge is -2.16. The summed E-state index contributed by atoms with van der Waals surface area (Å²) < 4.78 is 24.0. The maximum Gasteiger partial charge on any atom is 0.347 e. The largest absolute Gasteiger partial charge is 0.347 e. The lowest BCUT2D eigenvalue weighted by atomic mass is 10.1. The molecule has 4 N–H and O–H groups in total. The molecule has 1 aromatic heterocycles. The highest BCUT2D eigenvalue weighted by molar-refractivity contribution is 7.70. The second kappa shape index (κ2) is 7.07. The fourth-order valence-corrected chi connectivity index (χ4v) is 4.57. The molecule has 128 valence electrons. The van der Waals surface area contributed by atoms with E-state index in [1.807, 2.05) is 0 Å². The highest BCUT2D eigenvalue weighted by Crippen LogP contribution is 2.59. The van der Waals surface area contributed by atoms with Crippen molar-refractivity contribution in [3.8, 4) is 11.1 Å². The minimum atomic E-state index is -4.99. The lowest BCUT2D eigenvalue weighted by Crippen LogP contribution is -2.39. The van der Waals surface area contributed by atoms with Gasteiger partial charge in [0.1, 0.15) is 6.29 Å². The number of nitrogens with zero attached hydrogens (tertiary/aromatic N) is 1. The number of hydrogen-bond donors (Lipinski definition) is 4. The predicted octanol–water partition coefficient (Wildman–Crippen LogP) is 1.14. The first-order valence-electron chi connectivity index (χ1n) is 6.76. The Hall–Kier alpha value is -1.66. The third-order valence-electron chi connectivity index (χ3n) is 3.36. The van der Waals surface area contributed by atoms with Gasteiger partial charge in [-0.2, -0.15) is 0 Å². The topological polar surface area (TPSA) is 136 Å². The first-order valence-corrected chi connectivity index (χ1v) is 10.1. The van der Waals surface area contributed by atoms with Gasteiger partial charge in [0.25, 0.3) is 0 Å².